The topological polar surface area (TPSA) is 70.5 Å². The van der Waals surface area contributed by atoms with E-state index in [-0.39, 0.29) is 17.7 Å². The zero-order chi connectivity index (χ0) is 18.1. The summed E-state index contributed by atoms with van der Waals surface area (Å²) in [5, 5.41) is 10.2. The van der Waals surface area contributed by atoms with Crippen LogP contribution in [0.5, 0.6) is 0 Å². The summed E-state index contributed by atoms with van der Waals surface area (Å²) in [4.78, 5) is 30.0. The molecule has 1 N–H and O–H groups in total. The molecule has 2 aromatic rings. The number of anilines is 1. The summed E-state index contributed by atoms with van der Waals surface area (Å²) < 4.78 is 26.9. The Balaban J connectivity index is 2.18. The Hall–Kier alpha value is -3.09. The Bertz CT molecular complexity index is 881. The van der Waals surface area contributed by atoms with Crippen LogP contribution in [0.25, 0.3) is 0 Å². The Morgan fingerprint density at radius 1 is 1.24 bits per heavy atom. The van der Waals surface area contributed by atoms with Gasteiger partial charge in [-0.1, -0.05) is 13.0 Å². The number of pyridine rings is 1. The number of aromatic nitrogens is 1. The van der Waals surface area contributed by atoms with Crippen LogP contribution in [-0.4, -0.2) is 21.8 Å². The van der Waals surface area contributed by atoms with Gasteiger partial charge >= 0.3 is 0 Å². The molecule has 0 radical (unpaired) electrons. The lowest BCUT2D eigenvalue weighted by molar-refractivity contribution is -0.118. The number of carbonyl (C=O) groups excluding carboxylic acids is 2. The summed E-state index contributed by atoms with van der Waals surface area (Å²) in [6, 6.07) is 6.84. The normalized spacial score (nSPS) is 17.3. The van der Waals surface area contributed by atoms with Crippen LogP contribution < -0.4 is 4.90 Å². The fourth-order valence-electron chi connectivity index (χ4n) is 2.80. The largest absolute Gasteiger partial charge is 0.503 e. The van der Waals surface area contributed by atoms with Gasteiger partial charge in [0.1, 0.15) is 6.04 Å². The van der Waals surface area contributed by atoms with Crippen LogP contribution in [-0.2, 0) is 9.59 Å². The van der Waals surface area contributed by atoms with Crippen molar-refractivity contribution in [2.75, 3.05) is 4.90 Å². The smallest absolute Gasteiger partial charge is 0.294 e. The first-order valence-electron chi connectivity index (χ1n) is 7.61. The number of ketones is 1. The van der Waals surface area contributed by atoms with Crippen molar-refractivity contribution in [2.24, 2.45) is 0 Å². The standard InChI is InChI=1S/C18H14F2N2O3/c1-2-14(23)15-16(13-5-3-4-8-21-13)22(18(25)17(15)24)10-6-7-11(19)12(20)9-10/h3-9,16,24H,2H2,1H3. The number of hydrogen-bond donors (Lipinski definition) is 1. The molecule has 1 aliphatic rings. The second-order valence-electron chi connectivity index (χ2n) is 5.47. The molecule has 3 rings (SSSR count). The highest BCUT2D eigenvalue weighted by atomic mass is 19.2. The molecule has 0 saturated heterocycles. The van der Waals surface area contributed by atoms with E-state index in [9.17, 15) is 23.5 Å². The van der Waals surface area contributed by atoms with Crippen LogP contribution in [0.15, 0.2) is 53.9 Å². The minimum Gasteiger partial charge on any atom is -0.503 e. The molecule has 0 saturated carbocycles. The van der Waals surface area contributed by atoms with E-state index in [1.54, 1.807) is 25.1 Å². The van der Waals surface area contributed by atoms with Gasteiger partial charge in [0, 0.05) is 24.4 Å². The van der Waals surface area contributed by atoms with Gasteiger partial charge in [-0.2, -0.15) is 0 Å². The highest BCUT2D eigenvalue weighted by Crippen LogP contribution is 2.40. The minimum atomic E-state index is -1.14. The van der Waals surface area contributed by atoms with E-state index >= 15 is 0 Å². The maximum atomic E-state index is 13.6. The number of halogens is 2. The summed E-state index contributed by atoms with van der Waals surface area (Å²) in [6.45, 7) is 1.60. The van der Waals surface area contributed by atoms with Gasteiger partial charge in [0.05, 0.1) is 11.3 Å². The number of nitrogens with zero attached hydrogens (tertiary/aromatic N) is 2. The van der Waals surface area contributed by atoms with Crippen molar-refractivity contribution in [3.63, 3.8) is 0 Å². The first-order chi connectivity index (χ1) is 12.0. The third kappa shape index (κ3) is 2.77. The van der Waals surface area contributed by atoms with E-state index < -0.39 is 35.1 Å². The number of rotatable bonds is 4. The van der Waals surface area contributed by atoms with Crippen molar-refractivity contribution in [3.05, 3.63) is 71.3 Å². The van der Waals surface area contributed by atoms with Gasteiger partial charge in [-0.15, -0.1) is 0 Å². The lowest BCUT2D eigenvalue weighted by Crippen LogP contribution is -2.31. The van der Waals surface area contributed by atoms with Crippen molar-refractivity contribution in [1.29, 1.82) is 0 Å². The molecule has 0 fully saturated rings. The number of hydrogen-bond acceptors (Lipinski definition) is 4. The summed E-state index contributed by atoms with van der Waals surface area (Å²) in [7, 11) is 0. The summed E-state index contributed by atoms with van der Waals surface area (Å²) in [5.41, 5.74) is 0.252. The number of amides is 1. The average Bonchev–Trinajstić information content (AvgIpc) is 2.89. The monoisotopic (exact) mass is 344 g/mol. The Kier molecular flexibility index (Phi) is 4.31. The van der Waals surface area contributed by atoms with Crippen molar-refractivity contribution in [2.45, 2.75) is 19.4 Å². The van der Waals surface area contributed by atoms with Gasteiger partial charge in [-0.25, -0.2) is 8.78 Å². The van der Waals surface area contributed by atoms with E-state index in [4.69, 9.17) is 0 Å². The lowest BCUT2D eigenvalue weighted by Gasteiger charge is -2.26. The molecule has 0 bridgehead atoms. The highest BCUT2D eigenvalue weighted by Gasteiger charge is 2.44. The lowest BCUT2D eigenvalue weighted by atomic mass is 9.98. The van der Waals surface area contributed by atoms with Crippen LogP contribution in [0.2, 0.25) is 0 Å². The van der Waals surface area contributed by atoms with Gasteiger partial charge < -0.3 is 5.11 Å². The maximum absolute atomic E-state index is 13.6. The molecule has 0 aliphatic carbocycles. The zero-order valence-corrected chi connectivity index (χ0v) is 13.2. The molecule has 1 unspecified atom stereocenters. The maximum Gasteiger partial charge on any atom is 0.294 e. The number of aliphatic hydroxyl groups excluding tert-OH is 1. The van der Waals surface area contributed by atoms with Crippen LogP contribution in [0, 0.1) is 11.6 Å². The molecule has 25 heavy (non-hydrogen) atoms. The predicted molar refractivity (Wildman–Crippen MR) is 85.8 cm³/mol. The molecule has 1 atom stereocenters. The van der Waals surface area contributed by atoms with E-state index in [0.717, 1.165) is 17.0 Å². The van der Waals surface area contributed by atoms with Gasteiger partial charge in [-0.05, 0) is 24.3 Å². The van der Waals surface area contributed by atoms with Crippen molar-refractivity contribution in [3.8, 4) is 0 Å². The van der Waals surface area contributed by atoms with E-state index in [1.807, 2.05) is 0 Å². The quantitative estimate of drug-likeness (QED) is 0.924. The molecule has 1 aromatic heterocycles. The average molecular weight is 344 g/mol. The molecule has 1 aliphatic heterocycles. The Labute approximate surface area is 142 Å². The van der Waals surface area contributed by atoms with Crippen molar-refractivity contribution >= 4 is 17.4 Å². The van der Waals surface area contributed by atoms with Crippen LogP contribution in [0.3, 0.4) is 0 Å². The predicted octanol–water partition coefficient (Wildman–Crippen LogP) is 3.24. The first kappa shape index (κ1) is 16.8. The molecule has 5 nitrogen and oxygen atoms in total. The number of carbonyl (C=O) groups is 2. The molecular weight excluding hydrogens is 330 g/mol. The van der Waals surface area contributed by atoms with Gasteiger partial charge in [-0.3, -0.25) is 19.5 Å². The second kappa shape index (κ2) is 6.43. The molecule has 1 amide bonds. The Morgan fingerprint density at radius 3 is 2.60 bits per heavy atom. The van der Waals surface area contributed by atoms with Gasteiger partial charge in [0.15, 0.2) is 23.2 Å². The summed E-state index contributed by atoms with van der Waals surface area (Å²) in [5.74, 6) is -4.19. The van der Waals surface area contributed by atoms with Crippen molar-refractivity contribution in [1.82, 2.24) is 4.98 Å². The van der Waals surface area contributed by atoms with Gasteiger partial charge in [0.25, 0.3) is 5.91 Å². The van der Waals surface area contributed by atoms with Crippen molar-refractivity contribution < 1.29 is 23.5 Å². The third-order valence-corrected chi connectivity index (χ3v) is 3.98. The fourth-order valence-corrected chi connectivity index (χ4v) is 2.80. The van der Waals surface area contributed by atoms with E-state index in [0.29, 0.717) is 5.69 Å². The molecule has 2 heterocycles. The van der Waals surface area contributed by atoms with Gasteiger partial charge in [0.2, 0.25) is 0 Å². The molecule has 128 valence electrons. The molecular formula is C18H14F2N2O3. The van der Waals surface area contributed by atoms with Crippen LogP contribution in [0.1, 0.15) is 25.1 Å². The number of Topliss-reactive ketones (excluding diaryl/α,β-unsaturated/α-hetero) is 1. The van der Waals surface area contributed by atoms with Crippen LogP contribution >= 0.6 is 0 Å². The summed E-state index contributed by atoms with van der Waals surface area (Å²) >= 11 is 0. The minimum absolute atomic E-state index is 0.0185. The highest BCUT2D eigenvalue weighted by molar-refractivity contribution is 6.16. The number of aliphatic hydroxyl groups is 1. The zero-order valence-electron chi connectivity index (χ0n) is 13.2. The molecule has 7 heteroatoms. The molecule has 1 aromatic carbocycles. The molecule has 0 spiro atoms. The van der Waals surface area contributed by atoms with E-state index in [1.165, 1.54) is 12.3 Å². The third-order valence-electron chi connectivity index (χ3n) is 3.98. The second-order valence-corrected chi connectivity index (χ2v) is 5.47. The Morgan fingerprint density at radius 2 is 2.00 bits per heavy atom. The first-order valence-corrected chi connectivity index (χ1v) is 7.61. The summed E-state index contributed by atoms with van der Waals surface area (Å²) in [6.07, 6.45) is 1.55. The fraction of sp³-hybridized carbons (Fsp3) is 0.167. The van der Waals surface area contributed by atoms with E-state index in [2.05, 4.69) is 4.98 Å². The SMILES string of the molecule is CCC(=O)C1=C(O)C(=O)N(c2ccc(F)c(F)c2)C1c1ccccn1. The number of benzene rings is 1. The van der Waals surface area contributed by atoms with Crippen LogP contribution in [0.4, 0.5) is 14.5 Å².